The van der Waals surface area contributed by atoms with E-state index in [0.29, 0.717) is 0 Å². The molecule has 1 aliphatic rings. The molecule has 1 atom stereocenters. The molecule has 0 saturated carbocycles. The van der Waals surface area contributed by atoms with Crippen molar-refractivity contribution >= 4 is 5.71 Å². The second-order valence-corrected chi connectivity index (χ2v) is 2.68. The summed E-state index contributed by atoms with van der Waals surface area (Å²) in [6.45, 7) is 7.72. The van der Waals surface area contributed by atoms with Crippen molar-refractivity contribution in [1.29, 1.82) is 0 Å². The summed E-state index contributed by atoms with van der Waals surface area (Å²) in [5, 5.41) is 6.25. The predicted octanol–water partition coefficient (Wildman–Crippen LogP) is 1.06. The maximum Gasteiger partial charge on any atom is 0.143 e. The minimum absolute atomic E-state index is 0.162. The molecule has 1 rings (SSSR count). The molecule has 0 aliphatic carbocycles. The molecule has 1 aliphatic heterocycles. The molecular weight excluding hydrogens is 128 g/mol. The zero-order valence-corrected chi connectivity index (χ0v) is 6.79. The first kappa shape index (κ1) is 7.54. The molecule has 0 radical (unpaired) electrons. The Hall–Kier alpha value is -0.570. The van der Waals surface area contributed by atoms with Crippen LogP contribution in [-0.4, -0.2) is 30.1 Å². The summed E-state index contributed by atoms with van der Waals surface area (Å²) in [6, 6.07) is 0. The van der Waals surface area contributed by atoms with Crippen molar-refractivity contribution in [3.8, 4) is 0 Å². The van der Waals surface area contributed by atoms with Gasteiger partial charge >= 0.3 is 0 Å². The molecule has 3 nitrogen and oxygen atoms in total. The first-order valence-electron chi connectivity index (χ1n) is 3.60. The van der Waals surface area contributed by atoms with Gasteiger partial charge < -0.3 is 4.74 Å². The molecule has 58 valence electrons. The van der Waals surface area contributed by atoms with Crippen LogP contribution in [-0.2, 0) is 4.74 Å². The number of hydrogen-bond acceptors (Lipinski definition) is 3. The SMILES string of the molecule is CC(C)=NN1CCOC1C. The molecule has 0 aromatic heterocycles. The lowest BCUT2D eigenvalue weighted by atomic mass is 10.5. The zero-order chi connectivity index (χ0) is 7.56. The highest BCUT2D eigenvalue weighted by atomic mass is 16.5. The normalized spacial score (nSPS) is 25.1. The van der Waals surface area contributed by atoms with E-state index in [1.165, 1.54) is 0 Å². The molecule has 0 amide bonds. The van der Waals surface area contributed by atoms with Crippen molar-refractivity contribution in [3.63, 3.8) is 0 Å². The molecule has 0 aromatic rings. The van der Waals surface area contributed by atoms with Crippen LogP contribution in [0.15, 0.2) is 5.10 Å². The van der Waals surface area contributed by atoms with E-state index in [0.717, 1.165) is 18.9 Å². The molecule has 0 bridgehead atoms. The number of ether oxygens (including phenoxy) is 1. The monoisotopic (exact) mass is 142 g/mol. The van der Waals surface area contributed by atoms with E-state index in [2.05, 4.69) is 5.10 Å². The van der Waals surface area contributed by atoms with Gasteiger partial charge in [0, 0.05) is 5.71 Å². The maximum atomic E-state index is 5.29. The van der Waals surface area contributed by atoms with Crippen molar-refractivity contribution in [3.05, 3.63) is 0 Å². The fourth-order valence-corrected chi connectivity index (χ4v) is 0.973. The summed E-state index contributed by atoms with van der Waals surface area (Å²) in [4.78, 5) is 0. The van der Waals surface area contributed by atoms with Gasteiger partial charge in [0.25, 0.3) is 0 Å². The Morgan fingerprint density at radius 2 is 2.30 bits per heavy atom. The molecule has 1 heterocycles. The molecule has 3 heteroatoms. The van der Waals surface area contributed by atoms with E-state index in [1.54, 1.807) is 0 Å². The second kappa shape index (κ2) is 3.01. The first-order chi connectivity index (χ1) is 4.70. The molecule has 10 heavy (non-hydrogen) atoms. The minimum atomic E-state index is 0.162. The van der Waals surface area contributed by atoms with E-state index >= 15 is 0 Å². The summed E-state index contributed by atoms with van der Waals surface area (Å²) in [6.07, 6.45) is 0.162. The number of hydrogen-bond donors (Lipinski definition) is 0. The van der Waals surface area contributed by atoms with Crippen LogP contribution in [0.2, 0.25) is 0 Å². The van der Waals surface area contributed by atoms with Crippen molar-refractivity contribution in [2.24, 2.45) is 5.10 Å². The molecule has 0 N–H and O–H groups in total. The summed E-state index contributed by atoms with van der Waals surface area (Å²) in [7, 11) is 0. The van der Waals surface area contributed by atoms with Crippen LogP contribution in [0.25, 0.3) is 0 Å². The number of nitrogens with zero attached hydrogens (tertiary/aromatic N) is 2. The van der Waals surface area contributed by atoms with Crippen LogP contribution in [0.1, 0.15) is 20.8 Å². The van der Waals surface area contributed by atoms with Gasteiger partial charge in [-0.2, -0.15) is 5.10 Å². The Morgan fingerprint density at radius 3 is 2.70 bits per heavy atom. The van der Waals surface area contributed by atoms with Crippen LogP contribution in [0.3, 0.4) is 0 Å². The molecular formula is C7H14N2O. The van der Waals surface area contributed by atoms with Gasteiger partial charge in [-0.1, -0.05) is 0 Å². The van der Waals surface area contributed by atoms with Gasteiger partial charge in [0.1, 0.15) is 6.23 Å². The van der Waals surface area contributed by atoms with Crippen LogP contribution < -0.4 is 0 Å². The van der Waals surface area contributed by atoms with Crippen molar-refractivity contribution in [1.82, 2.24) is 5.01 Å². The molecule has 1 saturated heterocycles. The lowest BCUT2D eigenvalue weighted by Gasteiger charge is -2.15. The third-order valence-corrected chi connectivity index (χ3v) is 1.43. The highest BCUT2D eigenvalue weighted by Gasteiger charge is 2.18. The van der Waals surface area contributed by atoms with E-state index in [9.17, 15) is 0 Å². The third-order valence-electron chi connectivity index (χ3n) is 1.43. The first-order valence-corrected chi connectivity index (χ1v) is 3.60. The third kappa shape index (κ3) is 1.70. The maximum absolute atomic E-state index is 5.29. The van der Waals surface area contributed by atoms with Crippen molar-refractivity contribution < 1.29 is 4.74 Å². The van der Waals surface area contributed by atoms with Gasteiger partial charge in [-0.05, 0) is 20.8 Å². The summed E-state index contributed by atoms with van der Waals surface area (Å²) < 4.78 is 5.29. The minimum Gasteiger partial charge on any atom is -0.355 e. The van der Waals surface area contributed by atoms with Gasteiger partial charge in [-0.3, -0.25) is 5.01 Å². The fraction of sp³-hybridized carbons (Fsp3) is 0.857. The standard InChI is InChI=1S/C7H14N2O/c1-6(2)8-9-4-5-10-7(9)3/h7H,4-5H2,1-3H3. The van der Waals surface area contributed by atoms with Crippen LogP contribution in [0, 0.1) is 0 Å². The number of hydrazone groups is 1. The Kier molecular flexibility index (Phi) is 2.27. The Bertz CT molecular complexity index is 141. The predicted molar refractivity (Wildman–Crippen MR) is 40.9 cm³/mol. The number of rotatable bonds is 1. The van der Waals surface area contributed by atoms with E-state index in [4.69, 9.17) is 4.74 Å². The van der Waals surface area contributed by atoms with Crippen molar-refractivity contribution in [2.45, 2.75) is 27.0 Å². The van der Waals surface area contributed by atoms with E-state index in [1.807, 2.05) is 25.8 Å². The quantitative estimate of drug-likeness (QED) is 0.511. The van der Waals surface area contributed by atoms with Gasteiger partial charge in [0.2, 0.25) is 0 Å². The summed E-state index contributed by atoms with van der Waals surface area (Å²) in [5.41, 5.74) is 1.08. The fourth-order valence-electron chi connectivity index (χ4n) is 0.973. The Labute approximate surface area is 61.7 Å². The van der Waals surface area contributed by atoms with Gasteiger partial charge in [-0.25, -0.2) is 0 Å². The van der Waals surface area contributed by atoms with Gasteiger partial charge in [0.05, 0.1) is 13.2 Å². The van der Waals surface area contributed by atoms with Crippen LogP contribution >= 0.6 is 0 Å². The molecule has 1 fully saturated rings. The topological polar surface area (TPSA) is 24.8 Å². The highest BCUT2D eigenvalue weighted by Crippen LogP contribution is 2.08. The Morgan fingerprint density at radius 1 is 1.60 bits per heavy atom. The molecule has 1 unspecified atom stereocenters. The largest absolute Gasteiger partial charge is 0.355 e. The highest BCUT2D eigenvalue weighted by molar-refractivity contribution is 5.78. The smallest absolute Gasteiger partial charge is 0.143 e. The summed E-state index contributed by atoms with van der Waals surface area (Å²) >= 11 is 0. The Balaban J connectivity index is 2.48. The lowest BCUT2D eigenvalue weighted by Crippen LogP contribution is -2.22. The second-order valence-electron chi connectivity index (χ2n) is 2.68. The van der Waals surface area contributed by atoms with Crippen molar-refractivity contribution in [2.75, 3.05) is 13.2 Å². The zero-order valence-electron chi connectivity index (χ0n) is 6.79. The molecule has 0 spiro atoms. The van der Waals surface area contributed by atoms with Gasteiger partial charge in [0.15, 0.2) is 0 Å². The van der Waals surface area contributed by atoms with E-state index in [-0.39, 0.29) is 6.23 Å². The van der Waals surface area contributed by atoms with Crippen LogP contribution in [0.4, 0.5) is 0 Å². The average Bonchev–Trinajstić information content (AvgIpc) is 2.15. The molecule has 0 aromatic carbocycles. The van der Waals surface area contributed by atoms with Gasteiger partial charge in [-0.15, -0.1) is 0 Å². The van der Waals surface area contributed by atoms with Crippen LogP contribution in [0.5, 0.6) is 0 Å². The summed E-state index contributed by atoms with van der Waals surface area (Å²) in [5.74, 6) is 0. The lowest BCUT2D eigenvalue weighted by molar-refractivity contribution is 0.0512. The average molecular weight is 142 g/mol. The van der Waals surface area contributed by atoms with E-state index < -0.39 is 0 Å².